The van der Waals surface area contributed by atoms with Crippen molar-refractivity contribution in [2.24, 2.45) is 0 Å². The van der Waals surface area contributed by atoms with E-state index in [9.17, 15) is 14.7 Å². The Labute approximate surface area is 132 Å². The second kappa shape index (κ2) is 9.27. The lowest BCUT2D eigenvalue weighted by Gasteiger charge is -2.20. The van der Waals surface area contributed by atoms with Gasteiger partial charge in [-0.15, -0.1) is 0 Å². The van der Waals surface area contributed by atoms with Gasteiger partial charge >= 0.3 is 7.67 Å². The lowest BCUT2D eigenvalue weighted by atomic mass is 10.2. The van der Waals surface area contributed by atoms with Gasteiger partial charge in [-0.3, -0.25) is 14.7 Å². The molecule has 1 atom stereocenters. The maximum Gasteiger partial charge on any atom is 0.341 e. The van der Waals surface area contributed by atoms with Crippen molar-refractivity contribution < 1.29 is 14.0 Å². The molecule has 1 aromatic carbocycles. The summed E-state index contributed by atoms with van der Waals surface area (Å²) in [6.45, 7) is 3.17. The smallest absolute Gasteiger partial charge is 0.301 e. The summed E-state index contributed by atoms with van der Waals surface area (Å²) in [5, 5.41) is 17.0. The first-order chi connectivity index (χ1) is 10.0. The summed E-state index contributed by atoms with van der Waals surface area (Å²) in [6, 6.07) is 5.98. The summed E-state index contributed by atoms with van der Waals surface area (Å²) in [4.78, 5) is 10.1. The van der Waals surface area contributed by atoms with Gasteiger partial charge in [-0.05, 0) is 24.1 Å². The van der Waals surface area contributed by atoms with Crippen LogP contribution in [0.2, 0.25) is 0 Å². The Morgan fingerprint density at radius 1 is 1.29 bits per heavy atom. The minimum absolute atomic E-state index is 0.0171. The monoisotopic (exact) mass is 379 g/mol. The molecule has 118 valence electrons. The fourth-order valence-corrected chi connectivity index (χ4v) is 3.53. The molecule has 1 unspecified atom stereocenters. The van der Waals surface area contributed by atoms with Crippen LogP contribution >= 0.6 is 23.6 Å². The van der Waals surface area contributed by atoms with E-state index in [2.05, 4.69) is 26.1 Å². The maximum absolute atomic E-state index is 12.5. The quantitative estimate of drug-likeness (QED) is 0.280. The lowest BCUT2D eigenvalue weighted by Crippen LogP contribution is -2.26. The lowest BCUT2D eigenvalue weighted by molar-refractivity contribution is -0.384. The summed E-state index contributed by atoms with van der Waals surface area (Å²) in [7, 11) is -3.11. The van der Waals surface area contributed by atoms with Gasteiger partial charge in [0.2, 0.25) is 0 Å². The number of nitro groups is 1. The molecule has 0 saturated carbocycles. The van der Waals surface area contributed by atoms with Crippen molar-refractivity contribution >= 4 is 29.3 Å². The highest BCUT2D eigenvalue weighted by molar-refractivity contribution is 9.09. The molecule has 0 amide bonds. The molecule has 2 N–H and O–H groups in total. The van der Waals surface area contributed by atoms with Gasteiger partial charge in [-0.25, -0.2) is 10.2 Å². The van der Waals surface area contributed by atoms with E-state index >= 15 is 0 Å². The van der Waals surface area contributed by atoms with Crippen LogP contribution in [0.15, 0.2) is 24.3 Å². The average Bonchev–Trinajstić information content (AvgIpc) is 2.49. The Kier molecular flexibility index (Phi) is 8.06. The summed E-state index contributed by atoms with van der Waals surface area (Å²) >= 11 is 3.26. The number of hydrogen-bond acceptors (Lipinski definition) is 4. The van der Waals surface area contributed by atoms with E-state index in [1.807, 2.05) is 6.92 Å². The Hall–Kier alpha value is -0.790. The molecule has 0 radical (unpaired) electrons. The van der Waals surface area contributed by atoms with Gasteiger partial charge in [-0.2, -0.15) is 0 Å². The molecule has 0 saturated heterocycles. The first kappa shape index (κ1) is 18.3. The third kappa shape index (κ3) is 6.67. The largest absolute Gasteiger partial charge is 0.341 e. The third-order valence-corrected chi connectivity index (χ3v) is 4.71. The van der Waals surface area contributed by atoms with Crippen molar-refractivity contribution in [2.75, 3.05) is 18.4 Å². The van der Waals surface area contributed by atoms with Gasteiger partial charge in [0, 0.05) is 30.6 Å². The van der Waals surface area contributed by atoms with Gasteiger partial charge in [0.25, 0.3) is 5.69 Å². The SMILES string of the molecule is CCCNP(=O)(NCCBr)OCc1ccc([N+](=O)[O-])cc1. The van der Waals surface area contributed by atoms with Gasteiger partial charge in [-0.1, -0.05) is 22.9 Å². The van der Waals surface area contributed by atoms with Crippen LogP contribution in [0.3, 0.4) is 0 Å². The zero-order valence-corrected chi connectivity index (χ0v) is 14.2. The first-order valence-electron chi connectivity index (χ1n) is 6.55. The molecule has 21 heavy (non-hydrogen) atoms. The van der Waals surface area contributed by atoms with E-state index in [0.29, 0.717) is 18.4 Å². The number of alkyl halides is 1. The summed E-state index contributed by atoms with van der Waals surface area (Å²) in [5.41, 5.74) is 0.739. The summed E-state index contributed by atoms with van der Waals surface area (Å²) in [5.74, 6) is 0. The molecule has 0 heterocycles. The summed E-state index contributed by atoms with van der Waals surface area (Å²) < 4.78 is 18.0. The first-order valence-corrected chi connectivity index (χ1v) is 9.29. The number of non-ortho nitro benzene ring substituents is 1. The van der Waals surface area contributed by atoms with Crippen LogP contribution in [-0.2, 0) is 15.7 Å². The van der Waals surface area contributed by atoms with Crippen LogP contribution in [0.4, 0.5) is 5.69 Å². The number of benzene rings is 1. The van der Waals surface area contributed by atoms with E-state index in [1.54, 1.807) is 12.1 Å². The highest BCUT2D eigenvalue weighted by atomic mass is 79.9. The van der Waals surface area contributed by atoms with E-state index in [1.165, 1.54) is 12.1 Å². The average molecular weight is 380 g/mol. The highest BCUT2D eigenvalue weighted by Crippen LogP contribution is 2.38. The van der Waals surface area contributed by atoms with Crippen molar-refractivity contribution in [3.63, 3.8) is 0 Å². The molecule has 0 aliphatic carbocycles. The van der Waals surface area contributed by atoms with Gasteiger partial charge in [0.05, 0.1) is 11.5 Å². The number of nitrogens with one attached hydrogen (secondary N) is 2. The molecular weight excluding hydrogens is 361 g/mol. The predicted molar refractivity (Wildman–Crippen MR) is 85.6 cm³/mol. The standard InChI is InChI=1S/C12H19BrN3O4P/c1-2-8-14-21(19,15-9-7-13)20-10-11-3-5-12(6-4-11)16(17)18/h3-6H,2,7-10H2,1H3,(H2,14,15,19). The molecule has 0 aromatic heterocycles. The van der Waals surface area contributed by atoms with Gasteiger partial charge < -0.3 is 4.52 Å². The van der Waals surface area contributed by atoms with Crippen molar-refractivity contribution in [3.8, 4) is 0 Å². The molecule has 1 rings (SSSR count). The topological polar surface area (TPSA) is 93.5 Å². The Morgan fingerprint density at radius 2 is 1.90 bits per heavy atom. The van der Waals surface area contributed by atoms with Crippen LogP contribution in [0.25, 0.3) is 0 Å². The fourth-order valence-electron chi connectivity index (χ4n) is 1.47. The summed E-state index contributed by atoms with van der Waals surface area (Å²) in [6.07, 6.45) is 0.834. The highest BCUT2D eigenvalue weighted by Gasteiger charge is 2.21. The maximum atomic E-state index is 12.5. The molecule has 0 bridgehead atoms. The van der Waals surface area contributed by atoms with E-state index < -0.39 is 12.6 Å². The number of halogens is 1. The van der Waals surface area contributed by atoms with Crippen molar-refractivity contribution in [1.29, 1.82) is 0 Å². The predicted octanol–water partition coefficient (Wildman–Crippen LogP) is 3.20. The number of hydrogen-bond donors (Lipinski definition) is 2. The zero-order valence-electron chi connectivity index (χ0n) is 11.8. The number of nitro benzene ring substituents is 1. The Morgan fingerprint density at radius 3 is 2.43 bits per heavy atom. The third-order valence-electron chi connectivity index (χ3n) is 2.54. The molecule has 0 aliphatic rings. The minimum Gasteiger partial charge on any atom is -0.301 e. The van der Waals surface area contributed by atoms with Crippen LogP contribution in [0.1, 0.15) is 18.9 Å². The number of rotatable bonds is 10. The molecule has 9 heteroatoms. The van der Waals surface area contributed by atoms with Crippen LogP contribution in [-0.4, -0.2) is 23.3 Å². The molecule has 0 fully saturated rings. The fraction of sp³-hybridized carbons (Fsp3) is 0.500. The van der Waals surface area contributed by atoms with E-state index in [-0.39, 0.29) is 12.3 Å². The molecule has 0 spiro atoms. The van der Waals surface area contributed by atoms with Gasteiger partial charge in [0.1, 0.15) is 0 Å². The molecule has 1 aromatic rings. The molecule has 7 nitrogen and oxygen atoms in total. The van der Waals surface area contributed by atoms with Crippen molar-refractivity contribution in [3.05, 3.63) is 39.9 Å². The van der Waals surface area contributed by atoms with E-state index in [0.717, 1.165) is 12.0 Å². The second-order valence-corrected chi connectivity index (χ2v) is 7.04. The van der Waals surface area contributed by atoms with Crippen LogP contribution in [0.5, 0.6) is 0 Å². The second-order valence-electron chi connectivity index (χ2n) is 4.25. The minimum atomic E-state index is -3.11. The molecule has 0 aliphatic heterocycles. The Balaban J connectivity index is 2.62. The Bertz CT molecular complexity index is 486. The van der Waals surface area contributed by atoms with Crippen molar-refractivity contribution in [2.45, 2.75) is 20.0 Å². The molecular formula is C12H19BrN3O4P. The van der Waals surface area contributed by atoms with E-state index in [4.69, 9.17) is 4.52 Å². The van der Waals surface area contributed by atoms with Crippen LogP contribution < -0.4 is 10.2 Å². The zero-order chi connectivity index (χ0) is 15.7. The normalized spacial score (nSPS) is 13.8. The van der Waals surface area contributed by atoms with Crippen molar-refractivity contribution in [1.82, 2.24) is 10.2 Å². The number of nitrogens with zero attached hydrogens (tertiary/aromatic N) is 1. The van der Waals surface area contributed by atoms with Crippen LogP contribution in [0, 0.1) is 10.1 Å². The van der Waals surface area contributed by atoms with Gasteiger partial charge in [0.15, 0.2) is 0 Å².